The Labute approximate surface area is 65.5 Å². The van der Waals surface area contributed by atoms with Gasteiger partial charge in [-0.15, -0.1) is 0 Å². The van der Waals surface area contributed by atoms with Gasteiger partial charge >= 0.3 is 5.97 Å². The van der Waals surface area contributed by atoms with Crippen molar-refractivity contribution >= 4 is 5.97 Å². The summed E-state index contributed by atoms with van der Waals surface area (Å²) in [4.78, 5) is 10.5. The summed E-state index contributed by atoms with van der Waals surface area (Å²) < 4.78 is 0. The number of rotatable bonds is 1. The zero-order valence-corrected chi connectivity index (χ0v) is 6.51. The fourth-order valence-corrected chi connectivity index (χ4v) is 1.01. The maximum absolute atomic E-state index is 10.5. The third-order valence-electron chi connectivity index (χ3n) is 1.39. The summed E-state index contributed by atoms with van der Waals surface area (Å²) in [5.41, 5.74) is 2.06. The Morgan fingerprint density at radius 1 is 1.36 bits per heavy atom. The Morgan fingerprint density at radius 3 is 2.18 bits per heavy atom. The summed E-state index contributed by atoms with van der Waals surface area (Å²) in [5, 5.41) is 8.62. The third kappa shape index (κ3) is 1.80. The second kappa shape index (κ2) is 2.74. The monoisotopic (exact) mass is 149 g/mol. The lowest BCUT2D eigenvalue weighted by Crippen LogP contribution is -1.97. The van der Waals surface area contributed by atoms with Crippen molar-refractivity contribution in [1.82, 2.24) is 0 Å². The van der Waals surface area contributed by atoms with E-state index in [1.54, 1.807) is 12.1 Å². The van der Waals surface area contributed by atoms with Gasteiger partial charge in [-0.2, -0.15) is 0 Å². The molecule has 0 aliphatic carbocycles. The van der Waals surface area contributed by atoms with Crippen LogP contribution < -0.4 is 0 Å². The Hall–Kier alpha value is -1.31. The maximum atomic E-state index is 10.5. The molecule has 0 fully saturated rings. The van der Waals surface area contributed by atoms with E-state index in [4.69, 9.17) is 5.11 Å². The number of carboxylic acid groups (broad SMARTS) is 1. The van der Waals surface area contributed by atoms with Gasteiger partial charge in [-0.3, -0.25) is 0 Å². The number of hydrogen-bond donors (Lipinski definition) is 1. The molecule has 0 amide bonds. The van der Waals surface area contributed by atoms with E-state index in [0.717, 1.165) is 11.1 Å². The van der Waals surface area contributed by atoms with Gasteiger partial charge in [-0.1, -0.05) is 0 Å². The average Bonchev–Trinajstić information content (AvgIpc) is 1.85. The summed E-state index contributed by atoms with van der Waals surface area (Å²) in [6.07, 6.45) is 0. The number of carboxylic acids is 1. The molecule has 0 saturated carbocycles. The molecule has 0 bridgehead atoms. The number of aryl methyl sites for hydroxylation is 2. The van der Waals surface area contributed by atoms with Crippen molar-refractivity contribution in [2.24, 2.45) is 0 Å². The van der Waals surface area contributed by atoms with Crippen molar-refractivity contribution in [2.45, 2.75) is 13.8 Å². The molecule has 0 saturated heterocycles. The van der Waals surface area contributed by atoms with E-state index >= 15 is 0 Å². The zero-order valence-electron chi connectivity index (χ0n) is 6.51. The summed E-state index contributed by atoms with van der Waals surface area (Å²) >= 11 is 0. The minimum atomic E-state index is -0.884. The predicted octanol–water partition coefficient (Wildman–Crippen LogP) is 1.80. The number of hydrogen-bond acceptors (Lipinski definition) is 1. The van der Waals surface area contributed by atoms with Crippen molar-refractivity contribution in [1.29, 1.82) is 0 Å². The molecule has 1 aromatic carbocycles. The predicted molar refractivity (Wildman–Crippen MR) is 41.7 cm³/mol. The fraction of sp³-hybridized carbons (Fsp3) is 0.222. The van der Waals surface area contributed by atoms with Crippen LogP contribution in [0.5, 0.6) is 0 Å². The van der Waals surface area contributed by atoms with E-state index in [1.807, 2.05) is 13.8 Å². The van der Waals surface area contributed by atoms with Crippen LogP contribution >= 0.6 is 0 Å². The molecule has 1 radical (unpaired) electrons. The molecule has 57 valence electrons. The number of carbonyl (C=O) groups is 1. The standard InChI is InChI=1S/C9H9O2/c1-6-3-7(2)5-8(4-6)9(10)11/h4-5H,1-2H3,(H,10,11). The topological polar surface area (TPSA) is 37.3 Å². The van der Waals surface area contributed by atoms with Crippen molar-refractivity contribution in [3.05, 3.63) is 34.9 Å². The fourth-order valence-electron chi connectivity index (χ4n) is 1.01. The molecule has 0 spiro atoms. The zero-order chi connectivity index (χ0) is 8.43. The summed E-state index contributed by atoms with van der Waals surface area (Å²) in [6, 6.07) is 6.22. The molecule has 1 rings (SSSR count). The van der Waals surface area contributed by atoms with E-state index in [1.165, 1.54) is 0 Å². The minimum Gasteiger partial charge on any atom is -0.478 e. The molecule has 0 aliphatic rings. The first-order valence-electron chi connectivity index (χ1n) is 3.33. The van der Waals surface area contributed by atoms with Crippen LogP contribution in [0.3, 0.4) is 0 Å². The molecule has 2 heteroatoms. The van der Waals surface area contributed by atoms with Gasteiger partial charge in [0.25, 0.3) is 0 Å². The van der Waals surface area contributed by atoms with E-state index in [0.29, 0.717) is 5.56 Å². The highest BCUT2D eigenvalue weighted by atomic mass is 16.4. The quantitative estimate of drug-likeness (QED) is 0.661. The van der Waals surface area contributed by atoms with E-state index in [9.17, 15) is 4.79 Å². The van der Waals surface area contributed by atoms with Gasteiger partial charge in [0.1, 0.15) is 0 Å². The van der Waals surface area contributed by atoms with Crippen LogP contribution in [0.4, 0.5) is 0 Å². The molecule has 0 atom stereocenters. The van der Waals surface area contributed by atoms with E-state index in [-0.39, 0.29) is 0 Å². The van der Waals surface area contributed by atoms with Crippen LogP contribution in [-0.4, -0.2) is 11.1 Å². The lowest BCUT2D eigenvalue weighted by molar-refractivity contribution is 0.0696. The van der Waals surface area contributed by atoms with E-state index in [2.05, 4.69) is 6.07 Å². The second-order valence-electron chi connectivity index (χ2n) is 2.54. The molecule has 0 aliphatic heterocycles. The Balaban J connectivity index is 3.19. The molecule has 0 heterocycles. The number of aromatic carboxylic acids is 1. The first kappa shape index (κ1) is 7.79. The van der Waals surface area contributed by atoms with Crippen molar-refractivity contribution in [2.75, 3.05) is 0 Å². The van der Waals surface area contributed by atoms with Gasteiger partial charge in [0.15, 0.2) is 0 Å². The van der Waals surface area contributed by atoms with Crippen LogP contribution in [0.1, 0.15) is 21.5 Å². The van der Waals surface area contributed by atoms with Gasteiger partial charge in [0.2, 0.25) is 0 Å². The normalized spacial score (nSPS) is 9.64. The Bertz CT molecular complexity index is 269. The molecule has 1 N–H and O–H groups in total. The maximum Gasteiger partial charge on any atom is 0.335 e. The highest BCUT2D eigenvalue weighted by Crippen LogP contribution is 2.07. The first-order chi connectivity index (χ1) is 5.09. The number of benzene rings is 1. The van der Waals surface area contributed by atoms with Crippen LogP contribution in [0.25, 0.3) is 0 Å². The van der Waals surface area contributed by atoms with Crippen LogP contribution in [0.15, 0.2) is 12.1 Å². The third-order valence-corrected chi connectivity index (χ3v) is 1.39. The van der Waals surface area contributed by atoms with Crippen molar-refractivity contribution in [3.63, 3.8) is 0 Å². The van der Waals surface area contributed by atoms with Crippen molar-refractivity contribution < 1.29 is 9.90 Å². The van der Waals surface area contributed by atoms with Crippen molar-refractivity contribution in [3.8, 4) is 0 Å². The highest BCUT2D eigenvalue weighted by molar-refractivity contribution is 5.87. The summed E-state index contributed by atoms with van der Waals surface area (Å²) in [5.74, 6) is -0.884. The van der Waals surface area contributed by atoms with Gasteiger partial charge in [0, 0.05) is 0 Å². The molecule has 11 heavy (non-hydrogen) atoms. The molecule has 0 aromatic heterocycles. The Morgan fingerprint density at radius 2 is 1.82 bits per heavy atom. The Kier molecular flexibility index (Phi) is 1.94. The van der Waals surface area contributed by atoms with Gasteiger partial charge < -0.3 is 5.11 Å². The largest absolute Gasteiger partial charge is 0.478 e. The molecule has 1 aromatic rings. The van der Waals surface area contributed by atoms with Crippen LogP contribution in [-0.2, 0) is 0 Å². The molecule has 2 nitrogen and oxygen atoms in total. The minimum absolute atomic E-state index is 0.332. The molecular weight excluding hydrogens is 140 g/mol. The second-order valence-corrected chi connectivity index (χ2v) is 2.54. The smallest absolute Gasteiger partial charge is 0.335 e. The first-order valence-corrected chi connectivity index (χ1v) is 3.33. The molecule has 0 unspecified atom stereocenters. The van der Waals surface area contributed by atoms with Crippen LogP contribution in [0.2, 0.25) is 0 Å². The highest BCUT2D eigenvalue weighted by Gasteiger charge is 2.02. The summed E-state index contributed by atoms with van der Waals surface area (Å²) in [7, 11) is 0. The molecular formula is C9H9O2. The van der Waals surface area contributed by atoms with Gasteiger partial charge in [-0.25, -0.2) is 4.79 Å². The SMILES string of the molecule is Cc1[c]c(C)cc(C(=O)O)c1. The van der Waals surface area contributed by atoms with Gasteiger partial charge in [-0.05, 0) is 43.2 Å². The van der Waals surface area contributed by atoms with Gasteiger partial charge in [0.05, 0.1) is 5.56 Å². The summed E-state index contributed by atoms with van der Waals surface area (Å²) in [6.45, 7) is 3.67. The lowest BCUT2D eigenvalue weighted by atomic mass is 10.1. The van der Waals surface area contributed by atoms with Crippen LogP contribution in [0, 0.1) is 19.9 Å². The lowest BCUT2D eigenvalue weighted by Gasteiger charge is -1.97. The van der Waals surface area contributed by atoms with E-state index < -0.39 is 5.97 Å². The average molecular weight is 149 g/mol.